The van der Waals surface area contributed by atoms with Gasteiger partial charge in [-0.05, 0) is 53.5 Å². The molecule has 1 aromatic carbocycles. The number of benzene rings is 1. The quantitative estimate of drug-likeness (QED) is 0.870. The minimum absolute atomic E-state index is 0.108. The zero-order valence-electron chi connectivity index (χ0n) is 16.1. The van der Waals surface area contributed by atoms with E-state index >= 15 is 0 Å². The molecule has 1 fully saturated rings. The molecule has 0 spiro atoms. The van der Waals surface area contributed by atoms with E-state index in [0.717, 1.165) is 6.54 Å². The summed E-state index contributed by atoms with van der Waals surface area (Å²) in [5, 5.41) is 0. The molecule has 0 aromatic heterocycles. The van der Waals surface area contributed by atoms with E-state index in [4.69, 9.17) is 5.73 Å². The summed E-state index contributed by atoms with van der Waals surface area (Å²) in [7, 11) is 0. The summed E-state index contributed by atoms with van der Waals surface area (Å²) in [5.74, 6) is 0. The average Bonchev–Trinajstić information content (AvgIpc) is 2.46. The molecule has 0 amide bonds. The van der Waals surface area contributed by atoms with Crippen LogP contribution in [0.5, 0.6) is 0 Å². The van der Waals surface area contributed by atoms with E-state index in [1.807, 2.05) is 0 Å². The van der Waals surface area contributed by atoms with Gasteiger partial charge in [-0.3, -0.25) is 0 Å². The first-order chi connectivity index (χ1) is 10.6. The van der Waals surface area contributed by atoms with E-state index < -0.39 is 0 Å². The van der Waals surface area contributed by atoms with Crippen molar-refractivity contribution >= 4 is 0 Å². The molecule has 0 saturated carbocycles. The van der Waals surface area contributed by atoms with Crippen LogP contribution in [0.15, 0.2) is 18.2 Å². The lowest BCUT2D eigenvalue weighted by molar-refractivity contribution is 0.216. The first-order valence-corrected chi connectivity index (χ1v) is 9.21. The zero-order valence-corrected chi connectivity index (χ0v) is 16.1. The summed E-state index contributed by atoms with van der Waals surface area (Å²) < 4.78 is 0. The number of piperidine rings is 1. The second kappa shape index (κ2) is 6.94. The van der Waals surface area contributed by atoms with Gasteiger partial charge in [0.05, 0.1) is 0 Å². The van der Waals surface area contributed by atoms with Gasteiger partial charge in [0.1, 0.15) is 0 Å². The summed E-state index contributed by atoms with van der Waals surface area (Å²) >= 11 is 0. The van der Waals surface area contributed by atoms with Crippen LogP contribution in [0.1, 0.15) is 83.5 Å². The molecule has 1 atom stereocenters. The topological polar surface area (TPSA) is 29.3 Å². The summed E-state index contributed by atoms with van der Waals surface area (Å²) in [6, 6.07) is 7.15. The van der Waals surface area contributed by atoms with E-state index in [2.05, 4.69) is 64.6 Å². The summed E-state index contributed by atoms with van der Waals surface area (Å²) in [5.41, 5.74) is 11.0. The fourth-order valence-electron chi connectivity index (χ4n) is 3.26. The molecular formula is C21H36N2. The first kappa shape index (κ1) is 18.5. The molecule has 130 valence electrons. The Kier molecular flexibility index (Phi) is 5.58. The molecule has 0 radical (unpaired) electrons. The van der Waals surface area contributed by atoms with E-state index in [1.54, 1.807) is 0 Å². The number of nitrogens with zero attached hydrogens (tertiary/aromatic N) is 1. The number of nitrogens with two attached hydrogens (primary N) is 1. The summed E-state index contributed by atoms with van der Waals surface area (Å²) in [6.07, 6.45) is 4.02. The van der Waals surface area contributed by atoms with Gasteiger partial charge in [0.2, 0.25) is 0 Å². The van der Waals surface area contributed by atoms with Crippen LogP contribution in [0, 0.1) is 0 Å². The lowest BCUT2D eigenvalue weighted by Crippen LogP contribution is -2.36. The molecule has 2 heteroatoms. The fraction of sp³-hybridized carbons (Fsp3) is 0.714. The maximum absolute atomic E-state index is 6.61. The van der Waals surface area contributed by atoms with E-state index in [9.17, 15) is 0 Å². The fourth-order valence-corrected chi connectivity index (χ4v) is 3.26. The second-order valence-corrected chi connectivity index (χ2v) is 9.31. The van der Waals surface area contributed by atoms with Gasteiger partial charge < -0.3 is 10.6 Å². The molecule has 1 aliphatic rings. The van der Waals surface area contributed by atoms with Crippen molar-refractivity contribution in [2.45, 2.75) is 77.7 Å². The number of likely N-dealkylation sites (tertiary alicyclic amines) is 1. The smallest absolute Gasteiger partial charge is 0.0424 e. The van der Waals surface area contributed by atoms with Crippen molar-refractivity contribution in [3.63, 3.8) is 0 Å². The van der Waals surface area contributed by atoms with Crippen molar-refractivity contribution in [3.05, 3.63) is 34.9 Å². The molecule has 2 N–H and O–H groups in total. The summed E-state index contributed by atoms with van der Waals surface area (Å²) in [4.78, 5) is 2.54. The third-order valence-electron chi connectivity index (χ3n) is 5.02. The largest absolute Gasteiger partial charge is 0.323 e. The second-order valence-electron chi connectivity index (χ2n) is 9.31. The third-order valence-corrected chi connectivity index (χ3v) is 5.02. The third kappa shape index (κ3) is 5.06. The molecule has 2 rings (SSSR count). The van der Waals surface area contributed by atoms with Gasteiger partial charge >= 0.3 is 0 Å². The Morgan fingerprint density at radius 3 is 1.78 bits per heavy atom. The van der Waals surface area contributed by atoms with Gasteiger partial charge in [-0.25, -0.2) is 0 Å². The lowest BCUT2D eigenvalue weighted by Gasteiger charge is -2.31. The highest BCUT2D eigenvalue weighted by Gasteiger charge is 2.23. The van der Waals surface area contributed by atoms with Crippen LogP contribution in [-0.2, 0) is 10.8 Å². The van der Waals surface area contributed by atoms with Gasteiger partial charge in [0, 0.05) is 12.6 Å². The lowest BCUT2D eigenvalue weighted by atomic mass is 9.79. The van der Waals surface area contributed by atoms with Crippen molar-refractivity contribution in [1.82, 2.24) is 4.90 Å². The van der Waals surface area contributed by atoms with Crippen molar-refractivity contribution < 1.29 is 0 Å². The maximum Gasteiger partial charge on any atom is 0.0424 e. The van der Waals surface area contributed by atoms with Crippen molar-refractivity contribution in [2.24, 2.45) is 5.73 Å². The van der Waals surface area contributed by atoms with Crippen molar-refractivity contribution in [1.29, 1.82) is 0 Å². The van der Waals surface area contributed by atoms with Gasteiger partial charge in [-0.2, -0.15) is 0 Å². The Morgan fingerprint density at radius 1 is 0.870 bits per heavy atom. The Bertz CT molecular complexity index is 481. The van der Waals surface area contributed by atoms with E-state index in [1.165, 1.54) is 49.0 Å². The van der Waals surface area contributed by atoms with Crippen molar-refractivity contribution in [3.8, 4) is 0 Å². The standard InChI is InChI=1S/C21H36N2/c1-20(2,3)17-12-16(13-18(14-17)21(4,5)6)19(22)15-23-10-8-7-9-11-23/h12-14,19H,7-11,15,22H2,1-6H3/t19-/m0/s1. The maximum atomic E-state index is 6.61. The highest BCUT2D eigenvalue weighted by atomic mass is 15.1. The Morgan fingerprint density at radius 2 is 1.35 bits per heavy atom. The molecule has 23 heavy (non-hydrogen) atoms. The number of rotatable bonds is 3. The van der Waals surface area contributed by atoms with Crippen LogP contribution < -0.4 is 5.73 Å². The van der Waals surface area contributed by atoms with Gasteiger partial charge in [-0.1, -0.05) is 66.2 Å². The van der Waals surface area contributed by atoms with E-state index in [0.29, 0.717) is 0 Å². The average molecular weight is 317 g/mol. The SMILES string of the molecule is CC(C)(C)c1cc([C@@H](N)CN2CCCCC2)cc(C(C)(C)C)c1. The van der Waals surface area contributed by atoms with Crippen LogP contribution >= 0.6 is 0 Å². The minimum Gasteiger partial charge on any atom is -0.323 e. The molecular weight excluding hydrogens is 280 g/mol. The molecule has 1 heterocycles. The first-order valence-electron chi connectivity index (χ1n) is 9.21. The van der Waals surface area contributed by atoms with Gasteiger partial charge in [-0.15, -0.1) is 0 Å². The molecule has 0 unspecified atom stereocenters. The zero-order chi connectivity index (χ0) is 17.3. The minimum atomic E-state index is 0.108. The number of hydrogen-bond acceptors (Lipinski definition) is 2. The molecule has 0 aliphatic carbocycles. The molecule has 1 saturated heterocycles. The molecule has 1 aliphatic heterocycles. The molecule has 2 nitrogen and oxygen atoms in total. The van der Waals surface area contributed by atoms with Crippen LogP contribution in [0.3, 0.4) is 0 Å². The molecule has 0 bridgehead atoms. The van der Waals surface area contributed by atoms with Crippen LogP contribution in [0.2, 0.25) is 0 Å². The van der Waals surface area contributed by atoms with Gasteiger partial charge in [0.15, 0.2) is 0 Å². The van der Waals surface area contributed by atoms with Crippen LogP contribution in [-0.4, -0.2) is 24.5 Å². The Balaban J connectivity index is 2.28. The predicted octanol–water partition coefficient (Wildman–Crippen LogP) is 4.77. The van der Waals surface area contributed by atoms with Crippen molar-refractivity contribution in [2.75, 3.05) is 19.6 Å². The highest BCUT2D eigenvalue weighted by Crippen LogP contribution is 2.32. The monoisotopic (exact) mass is 316 g/mol. The Labute approximate surface area is 143 Å². The normalized spacial score (nSPS) is 18.9. The van der Waals surface area contributed by atoms with Gasteiger partial charge in [0.25, 0.3) is 0 Å². The van der Waals surface area contributed by atoms with Crippen LogP contribution in [0.25, 0.3) is 0 Å². The molecule has 1 aromatic rings. The van der Waals surface area contributed by atoms with Crippen LogP contribution in [0.4, 0.5) is 0 Å². The van der Waals surface area contributed by atoms with E-state index in [-0.39, 0.29) is 16.9 Å². The predicted molar refractivity (Wildman–Crippen MR) is 101 cm³/mol. The Hall–Kier alpha value is -0.860. The highest BCUT2D eigenvalue weighted by molar-refractivity contribution is 5.38. The summed E-state index contributed by atoms with van der Waals surface area (Å²) in [6.45, 7) is 17.1. The number of hydrogen-bond donors (Lipinski definition) is 1.